The summed E-state index contributed by atoms with van der Waals surface area (Å²) in [5.74, 6) is 0.400. The first-order valence-electron chi connectivity index (χ1n) is 9.89. The van der Waals surface area contributed by atoms with Gasteiger partial charge < -0.3 is 9.88 Å². The third kappa shape index (κ3) is 3.59. The highest BCUT2D eigenvalue weighted by molar-refractivity contribution is 7.20. The van der Waals surface area contributed by atoms with Crippen molar-refractivity contribution >= 4 is 38.5 Å². The maximum atomic E-state index is 13.2. The molecule has 0 fully saturated rings. The number of rotatable bonds is 5. The zero-order chi connectivity index (χ0) is 21.5. The van der Waals surface area contributed by atoms with Crippen molar-refractivity contribution in [2.45, 2.75) is 20.0 Å². The van der Waals surface area contributed by atoms with Gasteiger partial charge in [0.15, 0.2) is 0 Å². The first kappa shape index (κ1) is 19.4. The van der Waals surface area contributed by atoms with Gasteiger partial charge >= 0.3 is 0 Å². The summed E-state index contributed by atoms with van der Waals surface area (Å²) in [6.07, 6.45) is 0. The number of benzene rings is 2. The number of carbonyl (C=O) groups excluding carboxylic acids is 1. The van der Waals surface area contributed by atoms with E-state index in [9.17, 15) is 9.18 Å². The van der Waals surface area contributed by atoms with Gasteiger partial charge in [0, 0.05) is 12.4 Å². The minimum absolute atomic E-state index is 0.138. The molecule has 5 rings (SSSR count). The molecule has 6 nitrogen and oxygen atoms in total. The van der Waals surface area contributed by atoms with E-state index in [0.717, 1.165) is 38.3 Å². The first-order valence-corrected chi connectivity index (χ1v) is 10.7. The lowest BCUT2D eigenvalue weighted by Crippen LogP contribution is -2.23. The van der Waals surface area contributed by atoms with E-state index in [1.807, 2.05) is 53.6 Å². The number of halogens is 1. The van der Waals surface area contributed by atoms with Crippen LogP contribution in [-0.4, -0.2) is 25.2 Å². The highest BCUT2D eigenvalue weighted by Crippen LogP contribution is 2.29. The highest BCUT2D eigenvalue weighted by atomic mass is 32.1. The predicted molar refractivity (Wildman–Crippen MR) is 120 cm³/mol. The highest BCUT2D eigenvalue weighted by Gasteiger charge is 2.17. The smallest absolute Gasteiger partial charge is 0.261 e. The van der Waals surface area contributed by atoms with E-state index in [1.54, 1.807) is 12.1 Å². The number of thiophene rings is 1. The van der Waals surface area contributed by atoms with Gasteiger partial charge in [-0.3, -0.25) is 9.48 Å². The lowest BCUT2D eigenvalue weighted by atomic mass is 10.2. The molecule has 2 aromatic carbocycles. The number of aryl methyl sites for hydroxylation is 2. The van der Waals surface area contributed by atoms with Crippen LogP contribution in [0.25, 0.3) is 21.3 Å². The normalized spacial score (nSPS) is 11.5. The van der Waals surface area contributed by atoms with Gasteiger partial charge in [-0.2, -0.15) is 5.10 Å². The Morgan fingerprint density at radius 2 is 1.94 bits per heavy atom. The van der Waals surface area contributed by atoms with Crippen LogP contribution in [0.4, 0.5) is 4.39 Å². The molecule has 31 heavy (non-hydrogen) atoms. The second-order valence-electron chi connectivity index (χ2n) is 7.46. The quantitative estimate of drug-likeness (QED) is 0.447. The molecule has 5 aromatic rings. The molecule has 1 N–H and O–H groups in total. The van der Waals surface area contributed by atoms with Gasteiger partial charge in [0.05, 0.1) is 34.7 Å². The largest absolute Gasteiger partial charge is 0.344 e. The topological polar surface area (TPSA) is 64.7 Å². The van der Waals surface area contributed by atoms with Crippen molar-refractivity contribution in [2.24, 2.45) is 7.05 Å². The van der Waals surface area contributed by atoms with Crippen LogP contribution < -0.4 is 5.32 Å². The van der Waals surface area contributed by atoms with E-state index >= 15 is 0 Å². The fourth-order valence-corrected chi connectivity index (χ4v) is 4.77. The summed E-state index contributed by atoms with van der Waals surface area (Å²) < 4.78 is 17.0. The maximum absolute atomic E-state index is 13.2. The van der Waals surface area contributed by atoms with Crippen LogP contribution in [0.1, 0.15) is 26.8 Å². The Bertz CT molecular complexity index is 1410. The third-order valence-corrected chi connectivity index (χ3v) is 6.51. The predicted octanol–water partition coefficient (Wildman–Crippen LogP) is 4.41. The number of amides is 1. The minimum Gasteiger partial charge on any atom is -0.344 e. The molecule has 0 saturated carbocycles. The molecule has 0 aliphatic carbocycles. The molecule has 0 spiro atoms. The number of carbonyl (C=O) groups is 1. The Balaban J connectivity index is 1.36. The van der Waals surface area contributed by atoms with Crippen molar-refractivity contribution in [1.82, 2.24) is 24.6 Å². The number of fused-ring (bicyclic) bond motifs is 2. The molecule has 156 valence electrons. The lowest BCUT2D eigenvalue weighted by molar-refractivity contribution is 0.0954. The number of nitrogens with one attached hydrogen (secondary N) is 1. The number of para-hydroxylation sites is 2. The average molecular weight is 434 g/mol. The maximum Gasteiger partial charge on any atom is 0.261 e. The van der Waals surface area contributed by atoms with Crippen molar-refractivity contribution in [3.8, 4) is 0 Å². The minimum atomic E-state index is -0.263. The number of hydrogen-bond donors (Lipinski definition) is 1. The molecule has 8 heteroatoms. The van der Waals surface area contributed by atoms with Crippen LogP contribution >= 0.6 is 11.3 Å². The van der Waals surface area contributed by atoms with E-state index in [0.29, 0.717) is 18.0 Å². The molecule has 0 unspecified atom stereocenters. The zero-order valence-electron chi connectivity index (χ0n) is 17.1. The molecule has 1 amide bonds. The van der Waals surface area contributed by atoms with E-state index in [4.69, 9.17) is 0 Å². The Labute approximate surface area is 181 Å². The summed E-state index contributed by atoms with van der Waals surface area (Å²) in [6, 6.07) is 16.2. The molecule has 0 bridgehead atoms. The van der Waals surface area contributed by atoms with Crippen LogP contribution in [0.15, 0.2) is 54.6 Å². The molecule has 3 heterocycles. The van der Waals surface area contributed by atoms with Crippen molar-refractivity contribution in [1.29, 1.82) is 0 Å². The van der Waals surface area contributed by atoms with Crippen molar-refractivity contribution < 1.29 is 9.18 Å². The van der Waals surface area contributed by atoms with Crippen LogP contribution in [0, 0.1) is 12.7 Å². The van der Waals surface area contributed by atoms with Gasteiger partial charge in [-0.05, 0) is 42.8 Å². The van der Waals surface area contributed by atoms with Crippen LogP contribution in [0.2, 0.25) is 0 Å². The monoisotopic (exact) mass is 433 g/mol. The van der Waals surface area contributed by atoms with Gasteiger partial charge in [-0.15, -0.1) is 11.3 Å². The Hall–Kier alpha value is -3.52. The van der Waals surface area contributed by atoms with Crippen LogP contribution in [0.5, 0.6) is 0 Å². The molecule has 0 aliphatic rings. The number of hydrogen-bond acceptors (Lipinski definition) is 4. The van der Waals surface area contributed by atoms with Gasteiger partial charge in [-0.1, -0.05) is 24.3 Å². The summed E-state index contributed by atoms with van der Waals surface area (Å²) >= 11 is 1.41. The summed E-state index contributed by atoms with van der Waals surface area (Å²) in [6.45, 7) is 2.79. The third-order valence-electron chi connectivity index (χ3n) is 5.36. The Morgan fingerprint density at radius 3 is 2.71 bits per heavy atom. The Morgan fingerprint density at radius 1 is 1.16 bits per heavy atom. The summed E-state index contributed by atoms with van der Waals surface area (Å²) in [5.41, 5.74) is 3.76. The van der Waals surface area contributed by atoms with Gasteiger partial charge in [0.25, 0.3) is 5.91 Å². The molecule has 0 aliphatic heterocycles. The first-order chi connectivity index (χ1) is 15.0. The van der Waals surface area contributed by atoms with Gasteiger partial charge in [0.2, 0.25) is 0 Å². The average Bonchev–Trinajstić information content (AvgIpc) is 3.43. The van der Waals surface area contributed by atoms with Crippen LogP contribution in [-0.2, 0) is 20.1 Å². The fourth-order valence-electron chi connectivity index (χ4n) is 3.69. The zero-order valence-corrected chi connectivity index (χ0v) is 17.9. The number of aromatic nitrogens is 4. The SMILES string of the molecule is Cc1nn(Cc2ccc(F)cc2)c2sc(C(=O)NCc3nc4ccccc4n3C)cc12. The standard InChI is InChI=1S/C23H20FN5OS/c1-14-17-11-20(31-23(17)29(27-14)13-15-7-9-16(24)10-8-15)22(30)25-12-21-26-18-5-3-4-6-19(18)28(21)2/h3-11H,12-13H2,1-2H3,(H,25,30). The molecular weight excluding hydrogens is 413 g/mol. The second-order valence-corrected chi connectivity index (χ2v) is 8.49. The number of imidazole rings is 1. The van der Waals surface area contributed by atoms with Crippen molar-refractivity contribution in [3.63, 3.8) is 0 Å². The molecule has 0 atom stereocenters. The van der Waals surface area contributed by atoms with Crippen molar-refractivity contribution in [3.05, 3.63) is 82.4 Å². The van der Waals surface area contributed by atoms with Gasteiger partial charge in [-0.25, -0.2) is 9.37 Å². The summed E-state index contributed by atoms with van der Waals surface area (Å²) in [4.78, 5) is 19.0. The van der Waals surface area contributed by atoms with E-state index in [2.05, 4.69) is 15.4 Å². The van der Waals surface area contributed by atoms with Crippen LogP contribution in [0.3, 0.4) is 0 Å². The van der Waals surface area contributed by atoms with E-state index in [-0.39, 0.29) is 11.7 Å². The van der Waals surface area contributed by atoms with Crippen molar-refractivity contribution in [2.75, 3.05) is 0 Å². The fraction of sp³-hybridized carbons (Fsp3) is 0.174. The lowest BCUT2D eigenvalue weighted by Gasteiger charge is -2.05. The summed E-state index contributed by atoms with van der Waals surface area (Å²) in [7, 11) is 1.95. The molecule has 3 aromatic heterocycles. The number of nitrogens with zero attached hydrogens (tertiary/aromatic N) is 4. The molecule has 0 radical (unpaired) electrons. The van der Waals surface area contributed by atoms with Gasteiger partial charge in [0.1, 0.15) is 16.5 Å². The van der Waals surface area contributed by atoms with E-state index < -0.39 is 0 Å². The molecule has 0 saturated heterocycles. The Kier molecular flexibility index (Phi) is 4.78. The van der Waals surface area contributed by atoms with E-state index in [1.165, 1.54) is 23.5 Å². The summed E-state index contributed by atoms with van der Waals surface area (Å²) in [5, 5.41) is 8.52. The molecular formula is C23H20FN5OS. The second kappa shape index (κ2) is 7.63.